The van der Waals surface area contributed by atoms with Crippen molar-refractivity contribution in [1.29, 1.82) is 0 Å². The van der Waals surface area contributed by atoms with Crippen LogP contribution in [0.25, 0.3) is 5.69 Å². The van der Waals surface area contributed by atoms with E-state index in [9.17, 15) is 4.79 Å². The van der Waals surface area contributed by atoms with E-state index < -0.39 is 0 Å². The number of carbonyl (C=O) groups excluding carboxylic acids is 1. The average Bonchev–Trinajstić information content (AvgIpc) is 3.29. The Morgan fingerprint density at radius 1 is 1.21 bits per heavy atom. The molecule has 24 heavy (non-hydrogen) atoms. The van der Waals surface area contributed by atoms with Gasteiger partial charge in [-0.2, -0.15) is 4.68 Å². The maximum Gasteiger partial charge on any atom is 0.315 e. The van der Waals surface area contributed by atoms with Crippen molar-refractivity contribution in [2.24, 2.45) is 0 Å². The smallest absolute Gasteiger partial charge is 0.315 e. The Morgan fingerprint density at radius 3 is 2.71 bits per heavy atom. The third-order valence-corrected chi connectivity index (χ3v) is 4.14. The Morgan fingerprint density at radius 2 is 2.00 bits per heavy atom. The minimum absolute atomic E-state index is 0.218. The molecule has 0 bridgehead atoms. The number of hydrogen-bond acceptors (Lipinski definition) is 6. The van der Waals surface area contributed by atoms with Gasteiger partial charge in [-0.15, -0.1) is 16.4 Å². The molecule has 0 atom stereocenters. The van der Waals surface area contributed by atoms with E-state index in [4.69, 9.17) is 4.74 Å². The van der Waals surface area contributed by atoms with Crippen LogP contribution in [-0.2, 0) is 13.1 Å². The molecule has 8 nitrogen and oxygen atoms in total. The molecule has 2 aromatic heterocycles. The van der Waals surface area contributed by atoms with Crippen LogP contribution in [0, 0.1) is 0 Å². The second-order valence-electron chi connectivity index (χ2n) is 4.82. The van der Waals surface area contributed by atoms with E-state index in [1.54, 1.807) is 23.1 Å². The van der Waals surface area contributed by atoms with Crippen molar-refractivity contribution < 1.29 is 9.53 Å². The van der Waals surface area contributed by atoms with Crippen LogP contribution in [0.4, 0.5) is 4.79 Å². The number of methoxy groups -OCH3 is 1. The first-order chi connectivity index (χ1) is 11.8. The molecule has 2 heterocycles. The summed E-state index contributed by atoms with van der Waals surface area (Å²) in [6.07, 6.45) is 0. The Balaban J connectivity index is 1.57. The lowest BCUT2D eigenvalue weighted by Gasteiger charge is -2.08. The maximum absolute atomic E-state index is 11.9. The van der Waals surface area contributed by atoms with E-state index in [0.29, 0.717) is 12.4 Å². The van der Waals surface area contributed by atoms with Crippen molar-refractivity contribution in [3.05, 3.63) is 52.5 Å². The fourth-order valence-electron chi connectivity index (χ4n) is 2.04. The Hall–Kier alpha value is -2.94. The number of benzene rings is 1. The number of aromatic nitrogens is 4. The minimum Gasteiger partial charge on any atom is -0.497 e. The molecule has 2 N–H and O–H groups in total. The fourth-order valence-corrected chi connectivity index (χ4v) is 2.69. The number of hydrogen-bond donors (Lipinski definition) is 2. The summed E-state index contributed by atoms with van der Waals surface area (Å²) in [5.74, 6) is 1.28. The van der Waals surface area contributed by atoms with Gasteiger partial charge >= 0.3 is 6.03 Å². The van der Waals surface area contributed by atoms with Crippen molar-refractivity contribution in [2.45, 2.75) is 13.1 Å². The minimum atomic E-state index is -0.271. The summed E-state index contributed by atoms with van der Waals surface area (Å²) in [6.45, 7) is 0.711. The molecule has 0 aliphatic carbocycles. The zero-order valence-corrected chi connectivity index (χ0v) is 13.8. The van der Waals surface area contributed by atoms with Crippen LogP contribution in [0.15, 0.2) is 41.8 Å². The third kappa shape index (κ3) is 3.87. The number of tetrazole rings is 1. The summed E-state index contributed by atoms with van der Waals surface area (Å²) >= 11 is 1.59. The molecule has 3 rings (SSSR count). The van der Waals surface area contributed by atoms with Crippen LogP contribution in [0.1, 0.15) is 10.7 Å². The van der Waals surface area contributed by atoms with E-state index in [1.165, 1.54) is 0 Å². The molecule has 9 heteroatoms. The van der Waals surface area contributed by atoms with Crippen LogP contribution in [0.3, 0.4) is 0 Å². The molecule has 1 aromatic carbocycles. The molecule has 0 unspecified atom stereocenters. The van der Waals surface area contributed by atoms with Crippen molar-refractivity contribution >= 4 is 17.4 Å². The number of amides is 2. The first-order valence-electron chi connectivity index (χ1n) is 7.22. The van der Waals surface area contributed by atoms with E-state index >= 15 is 0 Å². The Labute approximate surface area is 142 Å². The van der Waals surface area contributed by atoms with Crippen LogP contribution >= 0.6 is 11.3 Å². The van der Waals surface area contributed by atoms with E-state index in [2.05, 4.69) is 26.2 Å². The topological polar surface area (TPSA) is 94.0 Å². The highest BCUT2D eigenvalue weighted by atomic mass is 32.1. The van der Waals surface area contributed by atoms with Crippen molar-refractivity contribution in [2.75, 3.05) is 7.11 Å². The Kier molecular flexibility index (Phi) is 5.02. The average molecular weight is 344 g/mol. The van der Waals surface area contributed by atoms with Gasteiger partial charge in [0.25, 0.3) is 0 Å². The molecule has 3 aromatic rings. The summed E-state index contributed by atoms with van der Waals surface area (Å²) in [5, 5.41) is 19.1. The number of ether oxygens (including phenoxy) is 1. The summed E-state index contributed by atoms with van der Waals surface area (Å²) in [4.78, 5) is 12.9. The quantitative estimate of drug-likeness (QED) is 0.710. The normalized spacial score (nSPS) is 10.4. The maximum atomic E-state index is 11.9. The zero-order valence-electron chi connectivity index (χ0n) is 13.0. The van der Waals surface area contributed by atoms with Crippen LogP contribution in [0.5, 0.6) is 5.75 Å². The van der Waals surface area contributed by atoms with Crippen molar-refractivity contribution in [1.82, 2.24) is 30.8 Å². The summed E-state index contributed by atoms with van der Waals surface area (Å²) in [7, 11) is 1.61. The van der Waals surface area contributed by atoms with E-state index in [0.717, 1.165) is 16.3 Å². The number of urea groups is 1. The fraction of sp³-hybridized carbons (Fsp3) is 0.200. The van der Waals surface area contributed by atoms with Crippen molar-refractivity contribution in [3.63, 3.8) is 0 Å². The van der Waals surface area contributed by atoms with E-state index in [-0.39, 0.29) is 12.6 Å². The number of thiophene rings is 1. The highest BCUT2D eigenvalue weighted by Crippen LogP contribution is 2.14. The lowest BCUT2D eigenvalue weighted by atomic mass is 10.3. The van der Waals surface area contributed by atoms with E-state index in [1.807, 2.05) is 41.8 Å². The monoisotopic (exact) mass is 344 g/mol. The highest BCUT2D eigenvalue weighted by Gasteiger charge is 2.10. The molecule has 124 valence electrons. The first-order valence-corrected chi connectivity index (χ1v) is 8.10. The molecule has 0 aliphatic heterocycles. The molecular weight excluding hydrogens is 328 g/mol. The summed E-state index contributed by atoms with van der Waals surface area (Å²) in [6, 6.07) is 11.0. The number of rotatable bonds is 6. The summed E-state index contributed by atoms with van der Waals surface area (Å²) in [5.41, 5.74) is 0.789. The second kappa shape index (κ2) is 7.55. The van der Waals surface area contributed by atoms with Gasteiger partial charge in [0.15, 0.2) is 5.82 Å². The molecule has 0 radical (unpaired) electrons. The molecule has 2 amide bonds. The van der Waals surface area contributed by atoms with Crippen LogP contribution in [0.2, 0.25) is 0 Å². The molecular formula is C15H16N6O2S. The van der Waals surface area contributed by atoms with Crippen LogP contribution < -0.4 is 15.4 Å². The van der Waals surface area contributed by atoms with Crippen LogP contribution in [-0.4, -0.2) is 33.3 Å². The highest BCUT2D eigenvalue weighted by molar-refractivity contribution is 7.09. The molecule has 0 spiro atoms. The predicted molar refractivity (Wildman–Crippen MR) is 89.1 cm³/mol. The van der Waals surface area contributed by atoms with Gasteiger partial charge < -0.3 is 15.4 Å². The van der Waals surface area contributed by atoms with Gasteiger partial charge in [0.05, 0.1) is 25.9 Å². The van der Waals surface area contributed by atoms with Gasteiger partial charge in [-0.3, -0.25) is 0 Å². The number of nitrogens with zero attached hydrogens (tertiary/aromatic N) is 4. The number of carbonyl (C=O) groups is 1. The van der Waals surface area contributed by atoms with Gasteiger partial charge in [-0.1, -0.05) is 6.07 Å². The predicted octanol–water partition coefficient (Wildman–Crippen LogP) is 1.73. The second-order valence-corrected chi connectivity index (χ2v) is 5.85. The largest absolute Gasteiger partial charge is 0.497 e. The van der Waals surface area contributed by atoms with Gasteiger partial charge in [0.2, 0.25) is 0 Å². The zero-order chi connectivity index (χ0) is 16.8. The standard InChI is InChI=1S/C15H16N6O2S/c1-23-12-6-4-11(5-7-12)21-14(18-19-20-21)10-17-15(22)16-9-13-3-2-8-24-13/h2-8H,9-10H2,1H3,(H2,16,17,22). The lowest BCUT2D eigenvalue weighted by Crippen LogP contribution is -2.35. The number of nitrogens with one attached hydrogen (secondary N) is 2. The molecule has 0 saturated carbocycles. The lowest BCUT2D eigenvalue weighted by molar-refractivity contribution is 0.240. The van der Waals surface area contributed by atoms with Gasteiger partial charge in [-0.25, -0.2) is 4.79 Å². The van der Waals surface area contributed by atoms with Crippen molar-refractivity contribution in [3.8, 4) is 11.4 Å². The first kappa shape index (κ1) is 15.9. The molecule has 0 aliphatic rings. The van der Waals surface area contributed by atoms with Gasteiger partial charge in [0.1, 0.15) is 5.75 Å². The van der Waals surface area contributed by atoms with Gasteiger partial charge in [0, 0.05) is 4.88 Å². The SMILES string of the molecule is COc1ccc(-n2nnnc2CNC(=O)NCc2cccs2)cc1. The third-order valence-electron chi connectivity index (χ3n) is 3.26. The summed E-state index contributed by atoms with van der Waals surface area (Å²) < 4.78 is 6.70. The molecule has 0 saturated heterocycles. The Bertz CT molecular complexity index is 785. The molecule has 0 fully saturated rings. The van der Waals surface area contributed by atoms with Gasteiger partial charge in [-0.05, 0) is 46.1 Å².